The number of piperidine rings is 1. The lowest BCUT2D eigenvalue weighted by atomic mass is 9.95. The van der Waals surface area contributed by atoms with Crippen LogP contribution in [-0.2, 0) is 17.9 Å². The number of hydrogen-bond acceptors (Lipinski definition) is 4. The molecule has 0 saturated carbocycles. The van der Waals surface area contributed by atoms with Crippen LogP contribution in [-0.4, -0.2) is 35.8 Å². The van der Waals surface area contributed by atoms with Crippen LogP contribution in [0.3, 0.4) is 0 Å². The number of halogens is 1. The summed E-state index contributed by atoms with van der Waals surface area (Å²) in [5.41, 5.74) is 4.64. The van der Waals surface area contributed by atoms with Crippen molar-refractivity contribution in [3.63, 3.8) is 0 Å². The molecule has 2 heterocycles. The first kappa shape index (κ1) is 18.5. The highest BCUT2D eigenvalue weighted by Crippen LogP contribution is 2.35. The number of amides is 1. The van der Waals surface area contributed by atoms with Gasteiger partial charge in [0.1, 0.15) is 5.82 Å². The maximum Gasteiger partial charge on any atom is 0.228 e. The molecule has 0 unspecified atom stereocenters. The van der Waals surface area contributed by atoms with Crippen molar-refractivity contribution in [1.82, 2.24) is 9.80 Å². The Hall–Kier alpha value is -2.91. The maximum absolute atomic E-state index is 13.4. The van der Waals surface area contributed by atoms with Gasteiger partial charge in [0.25, 0.3) is 0 Å². The van der Waals surface area contributed by atoms with E-state index in [4.69, 9.17) is 0 Å². The fourth-order valence-corrected chi connectivity index (χ4v) is 4.17. The minimum Gasteiger partial charge on any atom is -0.326 e. The molecule has 2 aliphatic heterocycles. The van der Waals surface area contributed by atoms with Crippen LogP contribution in [0.5, 0.6) is 0 Å². The summed E-state index contributed by atoms with van der Waals surface area (Å²) in [5, 5.41) is 12.4. The smallest absolute Gasteiger partial charge is 0.228 e. The van der Waals surface area contributed by atoms with Crippen LogP contribution in [0.15, 0.2) is 36.4 Å². The number of nitriles is 1. The first-order valence-electron chi connectivity index (χ1n) is 9.59. The Morgan fingerprint density at radius 3 is 2.75 bits per heavy atom. The van der Waals surface area contributed by atoms with Crippen LogP contribution in [0.2, 0.25) is 0 Å². The van der Waals surface area contributed by atoms with Gasteiger partial charge in [-0.2, -0.15) is 5.26 Å². The van der Waals surface area contributed by atoms with E-state index in [9.17, 15) is 14.4 Å². The monoisotopic (exact) mass is 378 g/mol. The highest BCUT2D eigenvalue weighted by molar-refractivity contribution is 5.94. The first-order chi connectivity index (χ1) is 13.5. The van der Waals surface area contributed by atoms with E-state index in [1.807, 2.05) is 19.2 Å². The molecule has 1 atom stereocenters. The van der Waals surface area contributed by atoms with E-state index in [0.717, 1.165) is 53.9 Å². The Balaban J connectivity index is 1.65. The summed E-state index contributed by atoms with van der Waals surface area (Å²) in [6.07, 6.45) is 4.12. The second-order valence-corrected chi connectivity index (χ2v) is 7.72. The van der Waals surface area contributed by atoms with Crippen LogP contribution >= 0.6 is 0 Å². The van der Waals surface area contributed by atoms with Crippen molar-refractivity contribution in [2.45, 2.75) is 25.9 Å². The van der Waals surface area contributed by atoms with Gasteiger partial charge in [0.2, 0.25) is 5.91 Å². The van der Waals surface area contributed by atoms with Crippen molar-refractivity contribution < 1.29 is 9.18 Å². The van der Waals surface area contributed by atoms with E-state index < -0.39 is 0 Å². The lowest BCUT2D eigenvalue weighted by molar-refractivity contribution is -0.121. The summed E-state index contributed by atoms with van der Waals surface area (Å²) >= 11 is 0. The zero-order chi connectivity index (χ0) is 19.7. The molecular weight excluding hydrogens is 355 g/mol. The minimum absolute atomic E-state index is 0.0168. The van der Waals surface area contributed by atoms with Gasteiger partial charge in [-0.25, -0.2) is 4.39 Å². The van der Waals surface area contributed by atoms with Gasteiger partial charge in [-0.05, 0) is 73.0 Å². The highest BCUT2D eigenvalue weighted by atomic mass is 19.1. The van der Waals surface area contributed by atoms with E-state index in [-0.39, 0.29) is 17.6 Å². The molecule has 144 valence electrons. The van der Waals surface area contributed by atoms with E-state index in [1.54, 1.807) is 17.0 Å². The molecule has 0 spiro atoms. The molecule has 1 saturated heterocycles. The highest BCUT2D eigenvalue weighted by Gasteiger charge is 2.26. The van der Waals surface area contributed by atoms with Gasteiger partial charge < -0.3 is 15.1 Å². The summed E-state index contributed by atoms with van der Waals surface area (Å²) in [6.45, 7) is 2.85. The van der Waals surface area contributed by atoms with Gasteiger partial charge in [-0.3, -0.25) is 4.79 Å². The summed E-state index contributed by atoms with van der Waals surface area (Å²) in [7, 11) is 2.04. The molecule has 6 heteroatoms. The standard InChI is InChI=1S/C22H23FN4O/c1-26-8-2-3-16(11-26)22(28)25-19-9-17-12-27(14-24)13-21(17)20(10-19)15-4-6-18(23)7-5-15/h4-7,9-10,16H,2-3,8,11-13H2,1H3,(H,25,28)/t16-/m1/s1. The van der Waals surface area contributed by atoms with E-state index >= 15 is 0 Å². The molecule has 2 aliphatic rings. The Morgan fingerprint density at radius 2 is 2.04 bits per heavy atom. The number of carbonyl (C=O) groups excluding carboxylic acids is 1. The Labute approximate surface area is 164 Å². The van der Waals surface area contributed by atoms with E-state index in [0.29, 0.717) is 13.1 Å². The minimum atomic E-state index is -0.287. The van der Waals surface area contributed by atoms with Crippen molar-refractivity contribution in [2.75, 3.05) is 25.5 Å². The third-order valence-electron chi connectivity index (χ3n) is 5.61. The number of benzene rings is 2. The number of nitrogens with one attached hydrogen (secondary N) is 1. The van der Waals surface area contributed by atoms with Crippen LogP contribution in [0.25, 0.3) is 11.1 Å². The zero-order valence-corrected chi connectivity index (χ0v) is 15.9. The fraction of sp³-hybridized carbons (Fsp3) is 0.364. The molecule has 0 aliphatic carbocycles. The third-order valence-corrected chi connectivity index (χ3v) is 5.61. The summed E-state index contributed by atoms with van der Waals surface area (Å²) in [5.74, 6) is -0.270. The molecule has 2 aromatic rings. The molecule has 1 fully saturated rings. The lowest BCUT2D eigenvalue weighted by Gasteiger charge is -2.28. The second kappa shape index (κ2) is 7.61. The van der Waals surface area contributed by atoms with Crippen molar-refractivity contribution >= 4 is 11.6 Å². The predicted octanol–water partition coefficient (Wildman–Crippen LogP) is 3.57. The average molecular weight is 378 g/mol. The average Bonchev–Trinajstić information content (AvgIpc) is 3.11. The number of hydrogen-bond donors (Lipinski definition) is 1. The molecular formula is C22H23FN4O. The topological polar surface area (TPSA) is 59.4 Å². The van der Waals surface area contributed by atoms with Gasteiger partial charge in [-0.15, -0.1) is 0 Å². The molecule has 0 bridgehead atoms. The summed E-state index contributed by atoms with van der Waals surface area (Å²) in [4.78, 5) is 16.6. The fourth-order valence-electron chi connectivity index (χ4n) is 4.17. The van der Waals surface area contributed by atoms with Crippen LogP contribution < -0.4 is 5.32 Å². The predicted molar refractivity (Wildman–Crippen MR) is 106 cm³/mol. The van der Waals surface area contributed by atoms with E-state index in [2.05, 4.69) is 16.4 Å². The third kappa shape index (κ3) is 3.71. The molecule has 1 amide bonds. The number of nitrogens with zero attached hydrogens (tertiary/aromatic N) is 3. The SMILES string of the molecule is CN1CCC[C@@H](C(=O)Nc2cc3c(c(-c4ccc(F)cc4)c2)CN(C#N)C3)C1. The summed E-state index contributed by atoms with van der Waals surface area (Å²) < 4.78 is 13.4. The van der Waals surface area contributed by atoms with Crippen molar-refractivity contribution in [3.05, 3.63) is 53.3 Å². The molecule has 1 N–H and O–H groups in total. The van der Waals surface area contributed by atoms with Gasteiger partial charge in [0.05, 0.1) is 19.0 Å². The number of likely N-dealkylation sites (tertiary alicyclic amines) is 1. The zero-order valence-electron chi connectivity index (χ0n) is 15.9. The first-order valence-corrected chi connectivity index (χ1v) is 9.59. The van der Waals surface area contributed by atoms with Gasteiger partial charge in [-0.1, -0.05) is 12.1 Å². The Bertz CT molecular complexity index is 935. The Morgan fingerprint density at radius 1 is 1.25 bits per heavy atom. The molecule has 28 heavy (non-hydrogen) atoms. The maximum atomic E-state index is 13.4. The van der Waals surface area contributed by atoms with Gasteiger partial charge in [0.15, 0.2) is 6.19 Å². The van der Waals surface area contributed by atoms with Gasteiger partial charge in [0, 0.05) is 12.2 Å². The quantitative estimate of drug-likeness (QED) is 0.830. The summed E-state index contributed by atoms with van der Waals surface area (Å²) in [6, 6.07) is 10.2. The molecule has 0 aromatic heterocycles. The molecule has 2 aromatic carbocycles. The number of carbonyl (C=O) groups is 1. The lowest BCUT2D eigenvalue weighted by Crippen LogP contribution is -2.38. The van der Waals surface area contributed by atoms with Crippen LogP contribution in [0.4, 0.5) is 10.1 Å². The molecule has 5 nitrogen and oxygen atoms in total. The van der Waals surface area contributed by atoms with Crippen molar-refractivity contribution in [3.8, 4) is 17.3 Å². The van der Waals surface area contributed by atoms with Crippen molar-refractivity contribution in [2.24, 2.45) is 5.92 Å². The van der Waals surface area contributed by atoms with Crippen molar-refractivity contribution in [1.29, 1.82) is 5.26 Å². The van der Waals surface area contributed by atoms with Gasteiger partial charge >= 0.3 is 0 Å². The Kier molecular flexibility index (Phi) is 5.01. The number of anilines is 1. The van der Waals surface area contributed by atoms with Crippen LogP contribution in [0, 0.1) is 23.2 Å². The van der Waals surface area contributed by atoms with E-state index in [1.165, 1.54) is 12.1 Å². The number of rotatable bonds is 3. The molecule has 0 radical (unpaired) electrons. The second-order valence-electron chi connectivity index (χ2n) is 7.72. The molecule has 4 rings (SSSR count). The largest absolute Gasteiger partial charge is 0.326 e. The number of fused-ring (bicyclic) bond motifs is 1. The van der Waals surface area contributed by atoms with Crippen LogP contribution in [0.1, 0.15) is 24.0 Å². The normalized spacial score (nSPS) is 19.2.